The predicted octanol–water partition coefficient (Wildman–Crippen LogP) is 5.74. The number of ether oxygens (including phenoxy) is 1. The lowest BCUT2D eigenvalue weighted by Gasteiger charge is -2.16. The molecule has 0 aliphatic carbocycles. The summed E-state index contributed by atoms with van der Waals surface area (Å²) in [6.45, 7) is 8.88. The molecule has 0 saturated carbocycles. The van der Waals surface area contributed by atoms with Crippen molar-refractivity contribution in [3.63, 3.8) is 0 Å². The molecule has 0 spiro atoms. The minimum atomic E-state index is -0.0414. The molecule has 0 aliphatic heterocycles. The molecule has 3 rings (SSSR count). The molecule has 0 bridgehead atoms. The van der Waals surface area contributed by atoms with Crippen molar-refractivity contribution in [1.29, 1.82) is 0 Å². The number of aromatic nitrogens is 3. The Kier molecular flexibility index (Phi) is 6.68. The van der Waals surface area contributed by atoms with E-state index in [1.807, 2.05) is 26.0 Å². The number of nitrogens with zero attached hydrogens (tertiary/aromatic N) is 3. The molecule has 0 aliphatic rings. The van der Waals surface area contributed by atoms with E-state index in [2.05, 4.69) is 19.9 Å². The first-order chi connectivity index (χ1) is 13.9. The summed E-state index contributed by atoms with van der Waals surface area (Å²) < 4.78 is 8.91. The van der Waals surface area contributed by atoms with Crippen LogP contribution in [0.4, 0.5) is 0 Å². The fourth-order valence-corrected chi connectivity index (χ4v) is 4.30. The number of halogens is 1. The molecule has 29 heavy (non-hydrogen) atoms. The molecule has 0 unspecified atom stereocenters. The summed E-state index contributed by atoms with van der Waals surface area (Å²) in [5.74, 6) is 1.63. The van der Waals surface area contributed by atoms with Crippen LogP contribution in [0.5, 0.6) is 5.75 Å². The van der Waals surface area contributed by atoms with Crippen LogP contribution < -0.4 is 10.3 Å². The summed E-state index contributed by atoms with van der Waals surface area (Å²) in [4.78, 5) is 13.4. The smallest absolute Gasteiger partial charge is 0.278 e. The van der Waals surface area contributed by atoms with Crippen LogP contribution >= 0.6 is 11.6 Å². The lowest BCUT2D eigenvalue weighted by atomic mass is 9.91. The minimum absolute atomic E-state index is 0.0414. The van der Waals surface area contributed by atoms with E-state index in [-0.39, 0.29) is 5.56 Å². The van der Waals surface area contributed by atoms with E-state index in [9.17, 15) is 4.79 Å². The highest BCUT2D eigenvalue weighted by atomic mass is 35.5. The molecule has 5 nitrogen and oxygen atoms in total. The Morgan fingerprint density at radius 1 is 1.14 bits per heavy atom. The average molecular weight is 416 g/mol. The monoisotopic (exact) mass is 415 g/mol. The van der Waals surface area contributed by atoms with Crippen molar-refractivity contribution < 1.29 is 4.74 Å². The zero-order valence-electron chi connectivity index (χ0n) is 18.0. The maximum absolute atomic E-state index is 13.4. The number of hydrogen-bond donors (Lipinski definition) is 0. The maximum Gasteiger partial charge on any atom is 0.278 e. The molecule has 0 radical (unpaired) electrons. The molecule has 0 atom stereocenters. The van der Waals surface area contributed by atoms with Gasteiger partial charge in [0.25, 0.3) is 5.56 Å². The first-order valence-corrected chi connectivity index (χ1v) is 10.8. The van der Waals surface area contributed by atoms with E-state index in [1.165, 1.54) is 0 Å². The van der Waals surface area contributed by atoms with Crippen LogP contribution in [0.25, 0.3) is 16.9 Å². The van der Waals surface area contributed by atoms with Crippen LogP contribution in [0.3, 0.4) is 0 Å². The van der Waals surface area contributed by atoms with Gasteiger partial charge < -0.3 is 4.74 Å². The molecule has 0 amide bonds. The maximum atomic E-state index is 13.4. The molecule has 6 heteroatoms. The van der Waals surface area contributed by atoms with Gasteiger partial charge in [-0.3, -0.25) is 9.36 Å². The van der Waals surface area contributed by atoms with Gasteiger partial charge in [-0.2, -0.15) is 0 Å². The van der Waals surface area contributed by atoms with Crippen molar-refractivity contribution in [2.75, 3.05) is 6.61 Å². The van der Waals surface area contributed by atoms with Crippen LogP contribution in [0.15, 0.2) is 29.1 Å². The summed E-state index contributed by atoms with van der Waals surface area (Å²) in [6.07, 6.45) is 4.33. The van der Waals surface area contributed by atoms with Gasteiger partial charge in [0.2, 0.25) is 0 Å². The minimum Gasteiger partial charge on any atom is -0.494 e. The van der Waals surface area contributed by atoms with Gasteiger partial charge in [-0.1, -0.05) is 38.3 Å². The van der Waals surface area contributed by atoms with Gasteiger partial charge in [-0.05, 0) is 62.4 Å². The molecular weight excluding hydrogens is 386 g/mol. The molecule has 0 saturated heterocycles. The summed E-state index contributed by atoms with van der Waals surface area (Å²) >= 11 is 6.51. The zero-order valence-corrected chi connectivity index (χ0v) is 18.7. The van der Waals surface area contributed by atoms with E-state index in [0.717, 1.165) is 36.9 Å². The molecule has 3 aromatic rings. The largest absolute Gasteiger partial charge is 0.494 e. The second-order valence-electron chi connectivity index (χ2n) is 7.54. The average Bonchev–Trinajstić information content (AvgIpc) is 3.02. The van der Waals surface area contributed by atoms with Crippen LogP contribution in [-0.2, 0) is 7.05 Å². The predicted molar refractivity (Wildman–Crippen MR) is 119 cm³/mol. The van der Waals surface area contributed by atoms with Crippen molar-refractivity contribution >= 4 is 17.1 Å². The van der Waals surface area contributed by atoms with E-state index in [0.29, 0.717) is 40.2 Å². The molecule has 2 heterocycles. The zero-order chi connectivity index (χ0) is 21.1. The van der Waals surface area contributed by atoms with Crippen molar-refractivity contribution in [3.05, 3.63) is 50.9 Å². The number of hydrogen-bond acceptors (Lipinski definition) is 3. The third-order valence-corrected chi connectivity index (χ3v) is 5.72. The fourth-order valence-electron chi connectivity index (χ4n) is 4.04. The highest BCUT2D eigenvalue weighted by Crippen LogP contribution is 2.33. The highest BCUT2D eigenvalue weighted by Gasteiger charge is 2.22. The Balaban J connectivity index is 2.20. The van der Waals surface area contributed by atoms with Crippen LogP contribution in [-0.4, -0.2) is 20.8 Å². The van der Waals surface area contributed by atoms with Gasteiger partial charge in [0, 0.05) is 18.3 Å². The number of aryl methyl sites for hydroxylation is 1. The van der Waals surface area contributed by atoms with Crippen LogP contribution in [0.2, 0.25) is 5.02 Å². The Bertz CT molecular complexity index is 1060. The fraction of sp³-hybridized carbons (Fsp3) is 0.478. The van der Waals surface area contributed by atoms with Crippen LogP contribution in [0, 0.1) is 6.92 Å². The van der Waals surface area contributed by atoms with Crippen molar-refractivity contribution in [2.45, 2.75) is 59.3 Å². The molecule has 0 fully saturated rings. The Labute approximate surface area is 177 Å². The summed E-state index contributed by atoms with van der Waals surface area (Å²) in [5, 5.41) is 5.33. The topological polar surface area (TPSA) is 48.5 Å². The van der Waals surface area contributed by atoms with Gasteiger partial charge in [-0.25, -0.2) is 4.52 Å². The lowest BCUT2D eigenvalue weighted by Crippen LogP contribution is -2.24. The van der Waals surface area contributed by atoms with Crippen molar-refractivity contribution in [3.8, 4) is 17.1 Å². The molecule has 156 valence electrons. The van der Waals surface area contributed by atoms with Gasteiger partial charge >= 0.3 is 0 Å². The van der Waals surface area contributed by atoms with E-state index in [4.69, 9.17) is 21.4 Å². The molecule has 2 aromatic heterocycles. The third kappa shape index (κ3) is 4.06. The van der Waals surface area contributed by atoms with Gasteiger partial charge in [0.1, 0.15) is 11.3 Å². The second-order valence-corrected chi connectivity index (χ2v) is 7.95. The highest BCUT2D eigenvalue weighted by molar-refractivity contribution is 6.33. The quantitative estimate of drug-likeness (QED) is 0.471. The van der Waals surface area contributed by atoms with Gasteiger partial charge in [-0.15, -0.1) is 5.10 Å². The van der Waals surface area contributed by atoms with Crippen LogP contribution in [0.1, 0.15) is 63.6 Å². The summed E-state index contributed by atoms with van der Waals surface area (Å²) in [7, 11) is 1.76. The van der Waals surface area contributed by atoms with Crippen molar-refractivity contribution in [1.82, 2.24) is 14.2 Å². The number of fused-ring (bicyclic) bond motifs is 1. The standard InChI is InChI=1S/C23H30ClN3O2/c1-6-9-16(10-7-2)19-13-15(4)27-21(19)23(28)26(5)22(25-27)18-12-11-17(29-8-3)14-20(18)24/h11-14,16H,6-10H2,1-5H3. The van der Waals surface area contributed by atoms with E-state index >= 15 is 0 Å². The van der Waals surface area contributed by atoms with Crippen molar-refractivity contribution in [2.24, 2.45) is 7.05 Å². The summed E-state index contributed by atoms with van der Waals surface area (Å²) in [6, 6.07) is 7.61. The normalized spacial score (nSPS) is 11.6. The second kappa shape index (κ2) is 9.04. The molecular formula is C23H30ClN3O2. The Morgan fingerprint density at radius 2 is 1.83 bits per heavy atom. The Morgan fingerprint density at radius 3 is 2.41 bits per heavy atom. The molecule has 1 aromatic carbocycles. The first kappa shape index (κ1) is 21.4. The third-order valence-electron chi connectivity index (χ3n) is 5.41. The van der Waals surface area contributed by atoms with E-state index in [1.54, 1.807) is 22.2 Å². The SMILES string of the molecule is CCCC(CCC)c1cc(C)n2nc(-c3ccc(OCC)cc3Cl)n(C)c(=O)c12. The van der Waals surface area contributed by atoms with E-state index < -0.39 is 0 Å². The molecule has 0 N–H and O–H groups in total. The number of rotatable bonds is 8. The lowest BCUT2D eigenvalue weighted by molar-refractivity contribution is 0.340. The Hall–Kier alpha value is -2.27. The number of benzene rings is 1. The summed E-state index contributed by atoms with van der Waals surface area (Å²) in [5.41, 5.74) is 3.43. The van der Waals surface area contributed by atoms with Gasteiger partial charge in [0.05, 0.1) is 11.6 Å². The first-order valence-electron chi connectivity index (χ1n) is 10.4. The van der Waals surface area contributed by atoms with Gasteiger partial charge in [0.15, 0.2) is 5.82 Å².